The Morgan fingerprint density at radius 2 is 1.42 bits per heavy atom. The molecule has 4 heteroatoms. The van der Waals surface area contributed by atoms with Gasteiger partial charge >= 0.3 is 5.97 Å². The summed E-state index contributed by atoms with van der Waals surface area (Å²) in [6.45, 7) is 1.00. The van der Waals surface area contributed by atoms with E-state index in [0.717, 1.165) is 23.1 Å². The molecular weight excluding hydrogens is 264 g/mol. The van der Waals surface area contributed by atoms with Gasteiger partial charge in [-0.25, -0.2) is 4.79 Å². The van der Waals surface area contributed by atoms with Gasteiger partial charge < -0.3 is 5.11 Å². The lowest BCUT2D eigenvalue weighted by atomic mass is 10.1. The molecule has 2 rings (SSSR count). The zero-order valence-electron chi connectivity index (χ0n) is 10.3. The minimum atomic E-state index is -1.38. The van der Waals surface area contributed by atoms with E-state index in [4.69, 9.17) is 16.7 Å². The molecule has 0 radical (unpaired) electrons. The molecule has 0 bridgehead atoms. The third kappa shape index (κ3) is 4.94. The number of carbonyl (C=O) groups is 2. The molecule has 0 heterocycles. The van der Waals surface area contributed by atoms with Crippen LogP contribution in [0.3, 0.4) is 0 Å². The average molecular weight is 277 g/mol. The van der Waals surface area contributed by atoms with Crippen molar-refractivity contribution in [2.75, 3.05) is 0 Å². The van der Waals surface area contributed by atoms with Gasteiger partial charge in [0.15, 0.2) is 0 Å². The molecule has 3 nitrogen and oxygen atoms in total. The molecule has 0 aliphatic rings. The van der Waals surface area contributed by atoms with Gasteiger partial charge in [0, 0.05) is 17.5 Å². The Bertz CT molecular complexity index is 553. The van der Waals surface area contributed by atoms with E-state index in [0.29, 0.717) is 0 Å². The van der Waals surface area contributed by atoms with E-state index in [1.54, 1.807) is 0 Å². The van der Waals surface area contributed by atoms with Crippen molar-refractivity contribution in [1.29, 1.82) is 0 Å². The molecule has 0 aromatic heterocycles. The van der Waals surface area contributed by atoms with Crippen LogP contribution in [0, 0.1) is 0 Å². The van der Waals surface area contributed by atoms with Crippen LogP contribution in [-0.2, 0) is 9.59 Å². The van der Waals surface area contributed by atoms with Gasteiger partial charge in [0.25, 0.3) is 0 Å². The maximum atomic E-state index is 9.54. The predicted octanol–water partition coefficient (Wildman–Crippen LogP) is 3.67. The number of ketones is 1. The van der Waals surface area contributed by atoms with Crippen molar-refractivity contribution in [2.24, 2.45) is 0 Å². The van der Waals surface area contributed by atoms with Gasteiger partial charge in [0.1, 0.15) is 0 Å². The van der Waals surface area contributed by atoms with Gasteiger partial charge in [0.2, 0.25) is 5.78 Å². The third-order valence-corrected chi connectivity index (χ3v) is 2.59. The maximum Gasteiger partial charge on any atom is 0.371 e. The fourth-order valence-electron chi connectivity index (χ4n) is 1.31. The Kier molecular flexibility index (Phi) is 5.76. The number of carbonyl (C=O) groups excluding carboxylic acids is 1. The first-order valence-corrected chi connectivity index (χ1v) is 5.94. The summed E-state index contributed by atoms with van der Waals surface area (Å²) in [5, 5.41) is 8.44. The van der Waals surface area contributed by atoms with Crippen LogP contribution in [-0.4, -0.2) is 16.9 Å². The molecule has 0 aliphatic carbocycles. The Morgan fingerprint density at radius 3 is 1.89 bits per heavy atom. The van der Waals surface area contributed by atoms with Crippen LogP contribution in [0.2, 0.25) is 5.02 Å². The minimum absolute atomic E-state index is 0.800. The number of aliphatic carboxylic acids is 1. The molecule has 2 aromatic rings. The second-order valence-corrected chi connectivity index (χ2v) is 4.11. The summed E-state index contributed by atoms with van der Waals surface area (Å²) in [5.74, 6) is -2.20. The molecule has 0 atom stereocenters. The summed E-state index contributed by atoms with van der Waals surface area (Å²) in [5.41, 5.74) is 2.25. The van der Waals surface area contributed by atoms with Gasteiger partial charge in [0.05, 0.1) is 0 Å². The van der Waals surface area contributed by atoms with E-state index < -0.39 is 11.8 Å². The molecular formula is C15H13ClO3. The Hall–Kier alpha value is -2.13. The molecule has 0 unspecified atom stereocenters. The fourth-order valence-corrected chi connectivity index (χ4v) is 1.56. The van der Waals surface area contributed by atoms with Crippen LogP contribution in [0.15, 0.2) is 54.6 Å². The van der Waals surface area contributed by atoms with Gasteiger partial charge in [-0.3, -0.25) is 4.79 Å². The third-order valence-electron chi connectivity index (χ3n) is 2.26. The molecule has 19 heavy (non-hydrogen) atoms. The molecule has 0 fully saturated rings. The molecule has 0 aliphatic heterocycles. The number of halogens is 1. The van der Waals surface area contributed by atoms with Crippen LogP contribution in [0.5, 0.6) is 0 Å². The van der Waals surface area contributed by atoms with Crippen molar-refractivity contribution in [2.45, 2.75) is 6.92 Å². The number of hydrogen-bond donors (Lipinski definition) is 1. The number of carboxylic acid groups (broad SMARTS) is 1. The topological polar surface area (TPSA) is 54.4 Å². The standard InChI is InChI=1S/C12H9Cl.C3H4O3/c13-12-9-5-4-8-11(12)10-6-2-1-3-7-10;1-2(4)3(5)6/h1-9H;1H3,(H,5,6). The Labute approximate surface area is 116 Å². The SMILES string of the molecule is CC(=O)C(=O)O.Clc1ccccc1-c1ccccc1. The zero-order valence-corrected chi connectivity index (χ0v) is 11.1. The quantitative estimate of drug-likeness (QED) is 0.852. The van der Waals surface area contributed by atoms with Crippen molar-refractivity contribution in [3.8, 4) is 11.1 Å². The molecule has 0 spiro atoms. The smallest absolute Gasteiger partial charge is 0.371 e. The van der Waals surface area contributed by atoms with E-state index in [2.05, 4.69) is 12.1 Å². The predicted molar refractivity (Wildman–Crippen MR) is 75.2 cm³/mol. The van der Waals surface area contributed by atoms with Crippen molar-refractivity contribution < 1.29 is 14.7 Å². The van der Waals surface area contributed by atoms with Crippen LogP contribution in [0.4, 0.5) is 0 Å². The number of benzene rings is 2. The van der Waals surface area contributed by atoms with Crippen molar-refractivity contribution >= 4 is 23.4 Å². The van der Waals surface area contributed by atoms with E-state index in [-0.39, 0.29) is 0 Å². The molecule has 0 saturated carbocycles. The van der Waals surface area contributed by atoms with E-state index in [1.165, 1.54) is 0 Å². The summed E-state index contributed by atoms with van der Waals surface area (Å²) in [7, 11) is 0. The number of carboxylic acids is 1. The second-order valence-electron chi connectivity index (χ2n) is 3.71. The van der Waals surface area contributed by atoms with Crippen molar-refractivity contribution in [3.63, 3.8) is 0 Å². The summed E-state index contributed by atoms with van der Waals surface area (Å²) >= 11 is 6.06. The zero-order chi connectivity index (χ0) is 14.3. The van der Waals surface area contributed by atoms with Crippen molar-refractivity contribution in [1.82, 2.24) is 0 Å². The van der Waals surface area contributed by atoms with Crippen LogP contribution in [0.1, 0.15) is 6.92 Å². The van der Waals surface area contributed by atoms with Gasteiger partial charge in [-0.1, -0.05) is 60.1 Å². The monoisotopic (exact) mass is 276 g/mol. The number of hydrogen-bond acceptors (Lipinski definition) is 2. The number of Topliss-reactive ketones (excluding diaryl/α,β-unsaturated/α-hetero) is 1. The molecule has 98 valence electrons. The molecule has 2 aromatic carbocycles. The fraction of sp³-hybridized carbons (Fsp3) is 0.0667. The van der Waals surface area contributed by atoms with Crippen LogP contribution >= 0.6 is 11.6 Å². The van der Waals surface area contributed by atoms with E-state index in [9.17, 15) is 9.59 Å². The average Bonchev–Trinajstić information content (AvgIpc) is 2.41. The highest BCUT2D eigenvalue weighted by Gasteiger charge is 2.00. The highest BCUT2D eigenvalue weighted by molar-refractivity contribution is 6.33. The first kappa shape index (κ1) is 14.9. The van der Waals surface area contributed by atoms with Crippen molar-refractivity contribution in [3.05, 3.63) is 59.6 Å². The lowest BCUT2D eigenvalue weighted by Gasteiger charge is -2.02. The lowest BCUT2D eigenvalue weighted by Crippen LogP contribution is -2.05. The summed E-state index contributed by atoms with van der Waals surface area (Å²) in [6.07, 6.45) is 0. The van der Waals surface area contributed by atoms with E-state index >= 15 is 0 Å². The highest BCUT2D eigenvalue weighted by atomic mass is 35.5. The molecule has 0 saturated heterocycles. The molecule has 0 amide bonds. The second kappa shape index (κ2) is 7.34. The van der Waals surface area contributed by atoms with Crippen LogP contribution < -0.4 is 0 Å². The summed E-state index contributed by atoms with van der Waals surface area (Å²) in [6, 6.07) is 18.0. The highest BCUT2D eigenvalue weighted by Crippen LogP contribution is 2.26. The largest absolute Gasteiger partial charge is 0.476 e. The Morgan fingerprint density at radius 1 is 0.947 bits per heavy atom. The first-order valence-electron chi connectivity index (χ1n) is 5.56. The molecule has 1 N–H and O–H groups in total. The van der Waals surface area contributed by atoms with Gasteiger partial charge in [-0.15, -0.1) is 0 Å². The number of rotatable bonds is 2. The van der Waals surface area contributed by atoms with Crippen LogP contribution in [0.25, 0.3) is 11.1 Å². The normalized spacial score (nSPS) is 9.16. The van der Waals surface area contributed by atoms with Gasteiger partial charge in [-0.2, -0.15) is 0 Å². The van der Waals surface area contributed by atoms with Gasteiger partial charge in [-0.05, 0) is 11.6 Å². The van der Waals surface area contributed by atoms with E-state index in [1.807, 2.05) is 42.5 Å². The minimum Gasteiger partial charge on any atom is -0.476 e. The first-order chi connectivity index (χ1) is 9.02. The Balaban J connectivity index is 0.000000258. The summed E-state index contributed by atoms with van der Waals surface area (Å²) in [4.78, 5) is 18.9. The maximum absolute atomic E-state index is 9.54. The summed E-state index contributed by atoms with van der Waals surface area (Å²) < 4.78 is 0. The lowest BCUT2D eigenvalue weighted by molar-refractivity contribution is -0.148.